The smallest absolute Gasteiger partial charge is 0.378 e. The average Bonchev–Trinajstić information content (AvgIpc) is 3.05. The minimum Gasteiger partial charge on any atom is -0.505 e. The van der Waals surface area contributed by atoms with Gasteiger partial charge in [0.15, 0.2) is 11.9 Å². The molecule has 184 valence electrons. The van der Waals surface area contributed by atoms with Crippen molar-refractivity contribution in [3.63, 3.8) is 0 Å². The molecule has 12 nitrogen and oxygen atoms in total. The van der Waals surface area contributed by atoms with E-state index in [9.17, 15) is 40.2 Å². The molecule has 1 saturated heterocycles. The molecular weight excluding hydrogens is 432 g/mol. The summed E-state index contributed by atoms with van der Waals surface area (Å²) in [6, 6.07) is 0. The van der Waals surface area contributed by atoms with Crippen LogP contribution in [-0.4, -0.2) is 98.7 Å². The molecular formula is C20H32O12. The molecule has 12 heteroatoms. The van der Waals surface area contributed by atoms with Gasteiger partial charge in [-0.15, -0.1) is 0 Å². The molecule has 1 fully saturated rings. The van der Waals surface area contributed by atoms with Crippen molar-refractivity contribution in [1.82, 2.24) is 0 Å². The van der Waals surface area contributed by atoms with Crippen molar-refractivity contribution in [2.45, 2.75) is 88.4 Å². The van der Waals surface area contributed by atoms with Crippen molar-refractivity contribution in [1.29, 1.82) is 0 Å². The zero-order chi connectivity index (χ0) is 23.8. The van der Waals surface area contributed by atoms with Gasteiger partial charge in [0.05, 0.1) is 6.61 Å². The summed E-state index contributed by atoms with van der Waals surface area (Å²) in [7, 11) is 0. The van der Waals surface area contributed by atoms with Crippen LogP contribution in [-0.2, 0) is 28.5 Å². The van der Waals surface area contributed by atoms with Gasteiger partial charge in [0.25, 0.3) is 0 Å². The maximum absolute atomic E-state index is 12.1. The number of carbonyl (C=O) groups is 2. The number of aliphatic hydroxyl groups is 6. The Morgan fingerprint density at radius 3 is 2.44 bits per heavy atom. The summed E-state index contributed by atoms with van der Waals surface area (Å²) in [5.41, 5.74) is 0. The lowest BCUT2D eigenvalue weighted by Crippen LogP contribution is -2.59. The summed E-state index contributed by atoms with van der Waals surface area (Å²) in [5.74, 6) is -3.34. The molecule has 0 aromatic heterocycles. The van der Waals surface area contributed by atoms with E-state index in [-0.39, 0.29) is 6.42 Å². The van der Waals surface area contributed by atoms with Gasteiger partial charge in [0, 0.05) is 6.42 Å². The van der Waals surface area contributed by atoms with Crippen molar-refractivity contribution in [3.05, 3.63) is 11.5 Å². The minimum atomic E-state index is -1.82. The fourth-order valence-corrected chi connectivity index (χ4v) is 3.32. The van der Waals surface area contributed by atoms with E-state index < -0.39 is 79.6 Å². The maximum atomic E-state index is 12.1. The number of unbranched alkanes of at least 4 members (excludes halogenated alkanes) is 4. The SMILES string of the molecule is CCCCCCCC(=O)OCC(O)C1OC(=O)C(O[C@H]2O[C@H](CO)[C@@H](O)[C@H](O)[C@H]2O)=C1O. The predicted octanol–water partition coefficient (Wildman–Crippen LogP) is -1.24. The molecule has 2 unspecified atom stereocenters. The van der Waals surface area contributed by atoms with Crippen LogP contribution < -0.4 is 0 Å². The standard InChI is InChI=1S/C20H32O12/c1-2-3-4-5-6-7-12(23)29-9-10(22)17-16(27)18(19(28)31-17)32-20-15(26)14(25)13(24)11(8-21)30-20/h10-11,13-15,17,20-22,24-27H,2-9H2,1H3/t10?,11-,13-,14+,15-,17?,20-/m1/s1. The molecule has 2 heterocycles. The van der Waals surface area contributed by atoms with Gasteiger partial charge in [-0.1, -0.05) is 32.6 Å². The van der Waals surface area contributed by atoms with E-state index in [0.29, 0.717) is 6.42 Å². The Labute approximate surface area is 185 Å². The van der Waals surface area contributed by atoms with Gasteiger partial charge < -0.3 is 49.6 Å². The van der Waals surface area contributed by atoms with Crippen molar-refractivity contribution >= 4 is 11.9 Å². The van der Waals surface area contributed by atoms with Gasteiger partial charge in [0.2, 0.25) is 12.0 Å². The summed E-state index contributed by atoms with van der Waals surface area (Å²) in [4.78, 5) is 23.8. The van der Waals surface area contributed by atoms with Gasteiger partial charge in [-0.25, -0.2) is 4.79 Å². The van der Waals surface area contributed by atoms with Crippen LogP contribution >= 0.6 is 0 Å². The molecule has 0 saturated carbocycles. The topological polar surface area (TPSA) is 192 Å². The van der Waals surface area contributed by atoms with Crippen LogP contribution in [0.3, 0.4) is 0 Å². The highest BCUT2D eigenvalue weighted by Gasteiger charge is 2.48. The van der Waals surface area contributed by atoms with E-state index >= 15 is 0 Å². The van der Waals surface area contributed by atoms with Crippen LogP contribution in [0.4, 0.5) is 0 Å². The van der Waals surface area contributed by atoms with Crippen molar-refractivity contribution in [2.75, 3.05) is 13.2 Å². The second-order valence-electron chi connectivity index (χ2n) is 7.77. The fourth-order valence-electron chi connectivity index (χ4n) is 3.32. The molecule has 2 aliphatic rings. The maximum Gasteiger partial charge on any atom is 0.378 e. The highest BCUT2D eigenvalue weighted by Crippen LogP contribution is 2.29. The van der Waals surface area contributed by atoms with E-state index in [0.717, 1.165) is 25.7 Å². The van der Waals surface area contributed by atoms with Crippen LogP contribution in [0, 0.1) is 0 Å². The summed E-state index contributed by atoms with van der Waals surface area (Å²) < 4.78 is 20.0. The van der Waals surface area contributed by atoms with E-state index in [1.807, 2.05) is 0 Å². The van der Waals surface area contributed by atoms with Crippen LogP contribution in [0.25, 0.3) is 0 Å². The van der Waals surface area contributed by atoms with Crippen LogP contribution in [0.15, 0.2) is 11.5 Å². The molecule has 0 aliphatic carbocycles. The second-order valence-corrected chi connectivity index (χ2v) is 7.77. The van der Waals surface area contributed by atoms with Crippen LogP contribution in [0.1, 0.15) is 45.4 Å². The van der Waals surface area contributed by atoms with Crippen molar-refractivity contribution < 1.29 is 59.2 Å². The molecule has 2 rings (SSSR count). The van der Waals surface area contributed by atoms with Gasteiger partial charge in [0.1, 0.15) is 37.1 Å². The number of esters is 2. The Kier molecular flexibility index (Phi) is 10.1. The first-order valence-corrected chi connectivity index (χ1v) is 10.7. The quantitative estimate of drug-likeness (QED) is 0.149. The molecule has 6 N–H and O–H groups in total. The van der Waals surface area contributed by atoms with E-state index in [4.69, 9.17) is 18.9 Å². The first kappa shape index (κ1) is 26.3. The van der Waals surface area contributed by atoms with Gasteiger partial charge in [-0.3, -0.25) is 4.79 Å². The highest BCUT2D eigenvalue weighted by molar-refractivity contribution is 5.89. The largest absolute Gasteiger partial charge is 0.505 e. The summed E-state index contributed by atoms with van der Waals surface area (Å²) in [6.45, 7) is 0.824. The first-order valence-electron chi connectivity index (χ1n) is 10.7. The Hall–Kier alpha value is -1.96. The number of carbonyl (C=O) groups excluding carboxylic acids is 2. The Balaban J connectivity index is 1.90. The van der Waals surface area contributed by atoms with Gasteiger partial charge in [-0.05, 0) is 6.42 Å². The zero-order valence-corrected chi connectivity index (χ0v) is 17.8. The zero-order valence-electron chi connectivity index (χ0n) is 17.8. The number of aliphatic hydroxyl groups excluding tert-OH is 6. The minimum absolute atomic E-state index is 0.175. The third kappa shape index (κ3) is 6.53. The van der Waals surface area contributed by atoms with Gasteiger partial charge in [-0.2, -0.15) is 0 Å². The highest BCUT2D eigenvalue weighted by atomic mass is 16.7. The number of hydrogen-bond acceptors (Lipinski definition) is 12. The van der Waals surface area contributed by atoms with E-state index in [1.165, 1.54) is 0 Å². The molecule has 0 radical (unpaired) electrons. The molecule has 0 bridgehead atoms. The normalized spacial score (nSPS) is 31.4. The lowest BCUT2D eigenvalue weighted by molar-refractivity contribution is -0.291. The molecule has 0 spiro atoms. The molecule has 7 atom stereocenters. The number of hydrogen-bond donors (Lipinski definition) is 6. The predicted molar refractivity (Wildman–Crippen MR) is 105 cm³/mol. The van der Waals surface area contributed by atoms with E-state index in [1.54, 1.807) is 0 Å². The average molecular weight is 464 g/mol. The number of rotatable bonds is 12. The third-order valence-electron chi connectivity index (χ3n) is 5.25. The fraction of sp³-hybridized carbons (Fsp3) is 0.800. The molecule has 0 aromatic carbocycles. The van der Waals surface area contributed by atoms with Crippen LogP contribution in [0.5, 0.6) is 0 Å². The van der Waals surface area contributed by atoms with Gasteiger partial charge >= 0.3 is 11.9 Å². The molecule has 2 aliphatic heterocycles. The van der Waals surface area contributed by atoms with Crippen molar-refractivity contribution in [3.8, 4) is 0 Å². The lowest BCUT2D eigenvalue weighted by Gasteiger charge is -2.39. The van der Waals surface area contributed by atoms with Crippen LogP contribution in [0.2, 0.25) is 0 Å². The number of cyclic esters (lactones) is 1. The molecule has 0 amide bonds. The third-order valence-corrected chi connectivity index (χ3v) is 5.25. The molecule has 32 heavy (non-hydrogen) atoms. The van der Waals surface area contributed by atoms with E-state index in [2.05, 4.69) is 6.92 Å². The summed E-state index contributed by atoms with van der Waals surface area (Å²) in [6.07, 6.45) is -6.51. The monoisotopic (exact) mass is 464 g/mol. The molecule has 0 aromatic rings. The Morgan fingerprint density at radius 1 is 1.09 bits per heavy atom. The lowest BCUT2D eigenvalue weighted by atomic mass is 9.99. The number of ether oxygens (including phenoxy) is 4. The second kappa shape index (κ2) is 12.3. The summed E-state index contributed by atoms with van der Waals surface area (Å²) >= 11 is 0. The van der Waals surface area contributed by atoms with Crippen molar-refractivity contribution in [2.24, 2.45) is 0 Å². The summed E-state index contributed by atoms with van der Waals surface area (Å²) in [5, 5.41) is 59.2. The Morgan fingerprint density at radius 2 is 1.78 bits per heavy atom. The Bertz CT molecular complexity index is 663. The first-order chi connectivity index (χ1) is 15.2.